The Balaban J connectivity index is 2.05. The van der Waals surface area contributed by atoms with Crippen LogP contribution in [0.25, 0.3) is 0 Å². The van der Waals surface area contributed by atoms with Crippen molar-refractivity contribution in [3.05, 3.63) is 48.3 Å². The van der Waals surface area contributed by atoms with Crippen molar-refractivity contribution in [2.24, 2.45) is 0 Å². The number of hydrogen-bond acceptors (Lipinski definition) is 3. The molecule has 1 N–H and O–H groups in total. The minimum Gasteiger partial charge on any atom is -0.497 e. The van der Waals surface area contributed by atoms with Crippen LogP contribution in [0, 0.1) is 0 Å². The van der Waals surface area contributed by atoms with Crippen LogP contribution >= 0.6 is 0 Å². The maximum absolute atomic E-state index is 12.4. The quantitative estimate of drug-likeness (QED) is 0.746. The van der Waals surface area contributed by atoms with Gasteiger partial charge in [-0.3, -0.25) is 4.79 Å². The van der Waals surface area contributed by atoms with Crippen LogP contribution in [0.5, 0.6) is 11.5 Å². The van der Waals surface area contributed by atoms with Gasteiger partial charge in [0.1, 0.15) is 11.5 Å². The Morgan fingerprint density at radius 2 is 1.76 bits per heavy atom. The van der Waals surface area contributed by atoms with E-state index in [0.29, 0.717) is 23.1 Å². The zero-order valence-electron chi connectivity index (χ0n) is 15.4. The van der Waals surface area contributed by atoms with Gasteiger partial charge < -0.3 is 14.8 Å². The van der Waals surface area contributed by atoms with Crippen molar-refractivity contribution in [2.75, 3.05) is 19.5 Å². The summed E-state index contributed by atoms with van der Waals surface area (Å²) in [5, 5.41) is 2.88. The molecule has 0 saturated carbocycles. The van der Waals surface area contributed by atoms with Crippen LogP contribution in [0.1, 0.15) is 38.2 Å². The van der Waals surface area contributed by atoms with Crippen LogP contribution in [0.4, 0.5) is 5.69 Å². The number of aromatic nitrogens is 1. The highest BCUT2D eigenvalue weighted by Crippen LogP contribution is 2.28. The minimum absolute atomic E-state index is 0.119. The Labute approximate surface area is 149 Å². The SMILES string of the molecule is CCC(CC)c1cc[n+](CC(=O)Nc2cc(OC)ccc2OC)cc1. The first kappa shape index (κ1) is 18.8. The molecular weight excluding hydrogens is 316 g/mol. The van der Waals surface area contributed by atoms with E-state index in [9.17, 15) is 4.79 Å². The lowest BCUT2D eigenvalue weighted by molar-refractivity contribution is -0.684. The van der Waals surface area contributed by atoms with Crippen molar-refractivity contribution in [3.8, 4) is 11.5 Å². The molecule has 0 aliphatic carbocycles. The number of amides is 1. The normalized spacial score (nSPS) is 10.6. The zero-order valence-corrected chi connectivity index (χ0v) is 15.4. The first-order valence-electron chi connectivity index (χ1n) is 8.62. The molecule has 5 heteroatoms. The number of carbonyl (C=O) groups is 1. The number of ether oxygens (including phenoxy) is 2. The summed E-state index contributed by atoms with van der Waals surface area (Å²) >= 11 is 0. The molecule has 0 unspecified atom stereocenters. The lowest BCUT2D eigenvalue weighted by Gasteiger charge is -2.12. The zero-order chi connectivity index (χ0) is 18.2. The molecule has 2 rings (SSSR count). The first-order valence-corrected chi connectivity index (χ1v) is 8.62. The number of nitrogens with one attached hydrogen (secondary N) is 1. The third kappa shape index (κ3) is 4.95. The second kappa shape index (κ2) is 9.06. The number of rotatable bonds is 8. The fourth-order valence-electron chi connectivity index (χ4n) is 2.87. The van der Waals surface area contributed by atoms with E-state index in [2.05, 4.69) is 31.3 Å². The summed E-state index contributed by atoms with van der Waals surface area (Å²) in [5.41, 5.74) is 1.91. The largest absolute Gasteiger partial charge is 0.497 e. The van der Waals surface area contributed by atoms with Crippen molar-refractivity contribution >= 4 is 11.6 Å². The Bertz CT molecular complexity index is 695. The third-order valence-corrected chi connectivity index (χ3v) is 4.38. The predicted octanol–water partition coefficient (Wildman–Crippen LogP) is 3.53. The van der Waals surface area contributed by atoms with Crippen molar-refractivity contribution in [1.29, 1.82) is 0 Å². The Morgan fingerprint density at radius 1 is 1.08 bits per heavy atom. The standard InChI is InChI=1S/C20H26N2O3/c1-5-15(6-2)16-9-11-22(12-10-16)14-20(23)21-18-13-17(24-3)7-8-19(18)25-4/h7-13,15H,5-6,14H2,1-4H3/p+1. The number of carbonyl (C=O) groups excluding carboxylic acids is 1. The van der Waals surface area contributed by atoms with E-state index in [1.807, 2.05) is 17.0 Å². The Kier molecular flexibility index (Phi) is 6.81. The molecular formula is C20H27N2O3+. The van der Waals surface area contributed by atoms with Crippen molar-refractivity contribution < 1.29 is 18.8 Å². The topological polar surface area (TPSA) is 51.4 Å². The molecule has 1 heterocycles. The van der Waals surface area contributed by atoms with Gasteiger partial charge in [-0.15, -0.1) is 0 Å². The summed E-state index contributed by atoms with van der Waals surface area (Å²) in [7, 11) is 3.16. The van der Waals surface area contributed by atoms with Gasteiger partial charge in [0.2, 0.25) is 6.54 Å². The van der Waals surface area contributed by atoms with Crippen LogP contribution in [0.15, 0.2) is 42.7 Å². The molecule has 2 aromatic rings. The van der Waals surface area contributed by atoms with Crippen LogP contribution in [-0.2, 0) is 11.3 Å². The summed E-state index contributed by atoms with van der Waals surface area (Å²) in [4.78, 5) is 12.4. The molecule has 0 atom stereocenters. The summed E-state index contributed by atoms with van der Waals surface area (Å²) in [6.45, 7) is 4.64. The molecule has 0 radical (unpaired) electrons. The molecule has 134 valence electrons. The van der Waals surface area contributed by atoms with Gasteiger partial charge in [-0.25, -0.2) is 0 Å². The van der Waals surface area contributed by atoms with Gasteiger partial charge in [-0.2, -0.15) is 4.57 Å². The van der Waals surface area contributed by atoms with Gasteiger partial charge in [0.05, 0.1) is 19.9 Å². The molecule has 25 heavy (non-hydrogen) atoms. The van der Waals surface area contributed by atoms with Gasteiger partial charge in [0, 0.05) is 18.2 Å². The molecule has 0 aliphatic rings. The first-order chi connectivity index (χ1) is 12.1. The number of nitrogens with zero attached hydrogens (tertiary/aromatic N) is 1. The highest BCUT2D eigenvalue weighted by molar-refractivity contribution is 5.91. The van der Waals surface area contributed by atoms with Gasteiger partial charge >= 0.3 is 0 Å². The number of pyridine rings is 1. The van der Waals surface area contributed by atoms with Crippen molar-refractivity contribution in [2.45, 2.75) is 39.2 Å². The summed E-state index contributed by atoms with van der Waals surface area (Å²) < 4.78 is 12.4. The predicted molar refractivity (Wildman–Crippen MR) is 98.1 cm³/mol. The Morgan fingerprint density at radius 3 is 2.32 bits per heavy atom. The number of methoxy groups -OCH3 is 2. The summed E-state index contributed by atoms with van der Waals surface area (Å²) in [5.74, 6) is 1.72. The van der Waals surface area contributed by atoms with Crippen molar-refractivity contribution in [1.82, 2.24) is 0 Å². The number of benzene rings is 1. The highest BCUT2D eigenvalue weighted by atomic mass is 16.5. The molecule has 1 aromatic carbocycles. The maximum atomic E-state index is 12.4. The second-order valence-electron chi connectivity index (χ2n) is 5.93. The Hall–Kier alpha value is -2.56. The van der Waals surface area contributed by atoms with E-state index < -0.39 is 0 Å². The highest BCUT2D eigenvalue weighted by Gasteiger charge is 2.14. The summed E-state index contributed by atoms with van der Waals surface area (Å²) in [6, 6.07) is 9.50. The third-order valence-electron chi connectivity index (χ3n) is 4.38. The van der Waals surface area contributed by atoms with Crippen LogP contribution in [0.2, 0.25) is 0 Å². The summed E-state index contributed by atoms with van der Waals surface area (Å²) in [6.07, 6.45) is 6.15. The van der Waals surface area contributed by atoms with E-state index in [-0.39, 0.29) is 12.5 Å². The molecule has 0 spiro atoms. The minimum atomic E-state index is -0.119. The monoisotopic (exact) mass is 343 g/mol. The van der Waals surface area contributed by atoms with Crippen LogP contribution in [-0.4, -0.2) is 20.1 Å². The number of anilines is 1. The molecule has 1 aromatic heterocycles. The van der Waals surface area contributed by atoms with E-state index in [4.69, 9.17) is 9.47 Å². The molecule has 0 bridgehead atoms. The molecule has 5 nitrogen and oxygen atoms in total. The molecule has 0 aliphatic heterocycles. The maximum Gasteiger partial charge on any atom is 0.290 e. The fraction of sp³-hybridized carbons (Fsp3) is 0.400. The van der Waals surface area contributed by atoms with Gasteiger partial charge in [-0.05, 0) is 36.5 Å². The lowest BCUT2D eigenvalue weighted by Crippen LogP contribution is -2.39. The lowest BCUT2D eigenvalue weighted by atomic mass is 9.95. The van der Waals surface area contributed by atoms with E-state index >= 15 is 0 Å². The van der Waals surface area contributed by atoms with Crippen LogP contribution in [0.3, 0.4) is 0 Å². The van der Waals surface area contributed by atoms with E-state index in [0.717, 1.165) is 12.8 Å². The van der Waals surface area contributed by atoms with E-state index in [1.54, 1.807) is 32.4 Å². The van der Waals surface area contributed by atoms with Crippen LogP contribution < -0.4 is 19.4 Å². The van der Waals surface area contributed by atoms with E-state index in [1.165, 1.54) is 5.56 Å². The molecule has 0 fully saturated rings. The average molecular weight is 343 g/mol. The van der Waals surface area contributed by atoms with Crippen molar-refractivity contribution in [3.63, 3.8) is 0 Å². The van der Waals surface area contributed by atoms with Gasteiger partial charge in [0.25, 0.3) is 5.91 Å². The van der Waals surface area contributed by atoms with Gasteiger partial charge in [0.15, 0.2) is 12.4 Å². The second-order valence-corrected chi connectivity index (χ2v) is 5.93. The average Bonchev–Trinajstić information content (AvgIpc) is 2.64. The molecule has 0 saturated heterocycles. The van der Waals surface area contributed by atoms with Gasteiger partial charge in [-0.1, -0.05) is 13.8 Å². The fourth-order valence-corrected chi connectivity index (χ4v) is 2.87. The molecule has 1 amide bonds. The smallest absolute Gasteiger partial charge is 0.290 e. The number of hydrogen-bond donors (Lipinski definition) is 1.